The van der Waals surface area contributed by atoms with Crippen molar-refractivity contribution in [1.82, 2.24) is 9.80 Å². The number of carbonyl (C=O) groups excluding carboxylic acids is 1. The molecule has 2 aliphatic heterocycles. The standard InChI is InChI=1S/C16H22N2O2S/c1-3-14-18-13(11-21-14)15(20-4-2)17(16(18)19)10-12-8-6-5-7-9-12/h5-9,13-15H,3-4,10-11H2,1-2H3/t13-,14?,15?/m0/s1. The normalized spacial score (nSPS) is 28.3. The lowest BCUT2D eigenvalue weighted by Crippen LogP contribution is -2.39. The van der Waals surface area contributed by atoms with Crippen LogP contribution in [0.25, 0.3) is 0 Å². The van der Waals surface area contributed by atoms with E-state index in [1.807, 2.05) is 46.7 Å². The van der Waals surface area contributed by atoms with Gasteiger partial charge in [-0.25, -0.2) is 4.79 Å². The summed E-state index contributed by atoms with van der Waals surface area (Å²) in [5.41, 5.74) is 1.15. The first kappa shape index (κ1) is 14.7. The highest BCUT2D eigenvalue weighted by Crippen LogP contribution is 2.40. The van der Waals surface area contributed by atoms with Gasteiger partial charge in [-0.05, 0) is 18.9 Å². The lowest BCUT2D eigenvalue weighted by molar-refractivity contribution is -0.0313. The summed E-state index contributed by atoms with van der Waals surface area (Å²) in [4.78, 5) is 16.7. The van der Waals surface area contributed by atoms with Crippen LogP contribution in [0.4, 0.5) is 4.79 Å². The summed E-state index contributed by atoms with van der Waals surface area (Å²) in [6.45, 7) is 5.39. The van der Waals surface area contributed by atoms with Crippen LogP contribution in [0.2, 0.25) is 0 Å². The lowest BCUT2D eigenvalue weighted by Gasteiger charge is -2.25. The number of carbonyl (C=O) groups is 1. The zero-order valence-electron chi connectivity index (χ0n) is 12.6. The molecule has 1 aromatic rings. The van der Waals surface area contributed by atoms with E-state index in [2.05, 4.69) is 19.1 Å². The second kappa shape index (κ2) is 6.28. The van der Waals surface area contributed by atoms with E-state index in [0.717, 1.165) is 17.7 Å². The molecule has 2 amide bonds. The first-order valence-electron chi connectivity index (χ1n) is 7.62. The zero-order valence-corrected chi connectivity index (χ0v) is 13.4. The molecule has 0 saturated carbocycles. The summed E-state index contributed by atoms with van der Waals surface area (Å²) in [6, 6.07) is 10.5. The molecular formula is C16H22N2O2S. The number of urea groups is 1. The van der Waals surface area contributed by atoms with Crippen molar-refractivity contribution in [2.75, 3.05) is 12.4 Å². The van der Waals surface area contributed by atoms with E-state index < -0.39 is 0 Å². The molecule has 0 spiro atoms. The van der Waals surface area contributed by atoms with E-state index >= 15 is 0 Å². The highest BCUT2D eigenvalue weighted by molar-refractivity contribution is 8.00. The van der Waals surface area contributed by atoms with Crippen LogP contribution in [0.1, 0.15) is 25.8 Å². The molecule has 0 bridgehead atoms. The first-order chi connectivity index (χ1) is 10.3. The summed E-state index contributed by atoms with van der Waals surface area (Å²) in [5, 5.41) is 0.297. The molecule has 2 heterocycles. The fourth-order valence-electron chi connectivity index (χ4n) is 3.16. The summed E-state index contributed by atoms with van der Waals surface area (Å²) in [5.74, 6) is 0.972. The molecule has 0 radical (unpaired) electrons. The number of fused-ring (bicyclic) bond motifs is 1. The van der Waals surface area contributed by atoms with Crippen molar-refractivity contribution in [3.8, 4) is 0 Å². The molecular weight excluding hydrogens is 284 g/mol. The van der Waals surface area contributed by atoms with Gasteiger partial charge in [-0.3, -0.25) is 4.90 Å². The van der Waals surface area contributed by atoms with Crippen molar-refractivity contribution in [2.45, 2.75) is 44.5 Å². The van der Waals surface area contributed by atoms with Gasteiger partial charge in [0.1, 0.15) is 0 Å². The lowest BCUT2D eigenvalue weighted by atomic mass is 10.2. The molecule has 2 aliphatic rings. The number of nitrogens with zero attached hydrogens (tertiary/aromatic N) is 2. The Balaban J connectivity index is 1.83. The molecule has 0 aliphatic carbocycles. The number of thioether (sulfide) groups is 1. The van der Waals surface area contributed by atoms with Gasteiger partial charge in [0.15, 0.2) is 6.23 Å². The van der Waals surface area contributed by atoms with Gasteiger partial charge in [-0.15, -0.1) is 11.8 Å². The third kappa shape index (κ3) is 2.64. The van der Waals surface area contributed by atoms with Crippen LogP contribution in [0.3, 0.4) is 0 Å². The minimum atomic E-state index is -0.119. The van der Waals surface area contributed by atoms with Gasteiger partial charge in [0.2, 0.25) is 0 Å². The van der Waals surface area contributed by atoms with Crippen LogP contribution in [0, 0.1) is 0 Å². The van der Waals surface area contributed by atoms with Gasteiger partial charge < -0.3 is 9.64 Å². The van der Waals surface area contributed by atoms with E-state index in [9.17, 15) is 4.79 Å². The summed E-state index contributed by atoms with van der Waals surface area (Å²) >= 11 is 1.87. The van der Waals surface area contributed by atoms with Crippen LogP contribution < -0.4 is 0 Å². The largest absolute Gasteiger partial charge is 0.356 e. The molecule has 21 heavy (non-hydrogen) atoms. The molecule has 3 atom stereocenters. The number of hydrogen-bond acceptors (Lipinski definition) is 3. The highest BCUT2D eigenvalue weighted by atomic mass is 32.2. The number of amides is 2. The maximum absolute atomic E-state index is 12.8. The Morgan fingerprint density at radius 2 is 2.05 bits per heavy atom. The Morgan fingerprint density at radius 1 is 1.29 bits per heavy atom. The molecule has 2 saturated heterocycles. The van der Waals surface area contributed by atoms with Crippen LogP contribution >= 0.6 is 11.8 Å². The first-order valence-corrected chi connectivity index (χ1v) is 8.67. The van der Waals surface area contributed by atoms with Crippen molar-refractivity contribution >= 4 is 17.8 Å². The van der Waals surface area contributed by atoms with Gasteiger partial charge in [0.05, 0.1) is 18.0 Å². The molecule has 5 heteroatoms. The quantitative estimate of drug-likeness (QED) is 0.838. The molecule has 1 aromatic carbocycles. The molecule has 4 nitrogen and oxygen atoms in total. The van der Waals surface area contributed by atoms with Gasteiger partial charge >= 0.3 is 6.03 Å². The van der Waals surface area contributed by atoms with Gasteiger partial charge in [0, 0.05) is 12.4 Å². The van der Waals surface area contributed by atoms with Gasteiger partial charge in [-0.1, -0.05) is 37.3 Å². The Bertz CT molecular complexity index is 496. The van der Waals surface area contributed by atoms with Crippen LogP contribution in [0.15, 0.2) is 30.3 Å². The molecule has 3 rings (SSSR count). The molecule has 2 fully saturated rings. The minimum absolute atomic E-state index is 0.119. The summed E-state index contributed by atoms with van der Waals surface area (Å²) < 4.78 is 5.91. The van der Waals surface area contributed by atoms with E-state index in [-0.39, 0.29) is 18.3 Å². The van der Waals surface area contributed by atoms with Crippen molar-refractivity contribution in [1.29, 1.82) is 0 Å². The predicted molar refractivity (Wildman–Crippen MR) is 85.0 cm³/mol. The Kier molecular flexibility index (Phi) is 4.40. The summed E-state index contributed by atoms with van der Waals surface area (Å²) in [7, 11) is 0. The van der Waals surface area contributed by atoms with Crippen molar-refractivity contribution in [3.05, 3.63) is 35.9 Å². The smallest absolute Gasteiger partial charge is 0.323 e. The number of ether oxygens (including phenoxy) is 1. The fraction of sp³-hybridized carbons (Fsp3) is 0.562. The fourth-order valence-corrected chi connectivity index (χ4v) is 4.54. The SMILES string of the molecule is CCOC1[C@@H]2CSC(CC)N2C(=O)N1Cc1ccccc1. The minimum Gasteiger partial charge on any atom is -0.356 e. The van der Waals surface area contributed by atoms with E-state index in [0.29, 0.717) is 18.5 Å². The van der Waals surface area contributed by atoms with E-state index in [1.165, 1.54) is 0 Å². The summed E-state index contributed by atoms with van der Waals surface area (Å²) in [6.07, 6.45) is 0.872. The van der Waals surface area contributed by atoms with Crippen molar-refractivity contribution < 1.29 is 9.53 Å². The third-order valence-electron chi connectivity index (χ3n) is 4.11. The molecule has 2 unspecified atom stereocenters. The third-order valence-corrected chi connectivity index (χ3v) is 5.59. The monoisotopic (exact) mass is 306 g/mol. The average molecular weight is 306 g/mol. The molecule has 114 valence electrons. The maximum Gasteiger partial charge on any atom is 0.323 e. The highest BCUT2D eigenvalue weighted by Gasteiger charge is 2.52. The van der Waals surface area contributed by atoms with E-state index in [4.69, 9.17) is 4.74 Å². The van der Waals surface area contributed by atoms with Gasteiger partial charge in [0.25, 0.3) is 0 Å². The van der Waals surface area contributed by atoms with Crippen LogP contribution in [-0.4, -0.2) is 45.8 Å². The second-order valence-electron chi connectivity index (χ2n) is 5.41. The predicted octanol–water partition coefficient (Wildman–Crippen LogP) is 3.14. The number of hydrogen-bond donors (Lipinski definition) is 0. The van der Waals surface area contributed by atoms with E-state index in [1.54, 1.807) is 0 Å². The second-order valence-corrected chi connectivity index (χ2v) is 6.62. The average Bonchev–Trinajstić information content (AvgIpc) is 3.04. The van der Waals surface area contributed by atoms with Crippen molar-refractivity contribution in [3.63, 3.8) is 0 Å². The van der Waals surface area contributed by atoms with Crippen molar-refractivity contribution in [2.24, 2.45) is 0 Å². The van der Waals surface area contributed by atoms with Gasteiger partial charge in [-0.2, -0.15) is 0 Å². The van der Waals surface area contributed by atoms with Crippen LogP contribution in [-0.2, 0) is 11.3 Å². The Labute approximate surface area is 130 Å². The zero-order chi connectivity index (χ0) is 14.8. The Hall–Kier alpha value is -1.20. The Morgan fingerprint density at radius 3 is 2.71 bits per heavy atom. The topological polar surface area (TPSA) is 32.8 Å². The maximum atomic E-state index is 12.8. The molecule has 0 N–H and O–H groups in total. The number of benzene rings is 1. The number of rotatable bonds is 5. The van der Waals surface area contributed by atoms with Crippen LogP contribution in [0.5, 0.6) is 0 Å². The molecule has 0 aromatic heterocycles.